The number of sulfone groups is 1. The Morgan fingerprint density at radius 1 is 1.32 bits per heavy atom. The van der Waals surface area contributed by atoms with E-state index < -0.39 is 9.84 Å². The molecule has 1 N–H and O–H groups in total. The van der Waals surface area contributed by atoms with Gasteiger partial charge in [-0.2, -0.15) is 0 Å². The summed E-state index contributed by atoms with van der Waals surface area (Å²) in [5.74, 6) is 0.452. The van der Waals surface area contributed by atoms with Crippen LogP contribution in [-0.2, 0) is 21.2 Å². The Morgan fingerprint density at radius 2 is 2.05 bits per heavy atom. The molecular formula is C14H16N4O3S. The molecule has 1 aromatic heterocycles. The van der Waals surface area contributed by atoms with Crippen LogP contribution < -0.4 is 0 Å². The van der Waals surface area contributed by atoms with Crippen LogP contribution in [-0.4, -0.2) is 40.7 Å². The fourth-order valence-corrected chi connectivity index (χ4v) is 3.04. The summed E-state index contributed by atoms with van der Waals surface area (Å²) in [6, 6.07) is 9.38. The van der Waals surface area contributed by atoms with E-state index in [0.717, 1.165) is 11.8 Å². The molecule has 2 aromatic rings. The van der Waals surface area contributed by atoms with Crippen LogP contribution in [0.25, 0.3) is 0 Å². The molecular weight excluding hydrogens is 304 g/mol. The largest absolute Gasteiger partial charge is 0.328 e. The highest BCUT2D eigenvalue weighted by Gasteiger charge is 2.34. The van der Waals surface area contributed by atoms with Crippen LogP contribution in [0.2, 0.25) is 0 Å². The second-order valence-electron chi connectivity index (χ2n) is 5.34. The van der Waals surface area contributed by atoms with Crippen LogP contribution in [0.5, 0.6) is 0 Å². The van der Waals surface area contributed by atoms with Gasteiger partial charge in [0.05, 0.1) is 6.04 Å². The zero-order chi connectivity index (χ0) is 15.7. The molecule has 1 aliphatic rings. The summed E-state index contributed by atoms with van der Waals surface area (Å²) in [6.45, 7) is 0.471. The molecule has 1 fully saturated rings. The Labute approximate surface area is 128 Å². The number of hydrogen-bond acceptors (Lipinski definition) is 5. The summed E-state index contributed by atoms with van der Waals surface area (Å²) in [5, 5.41) is 6.16. The lowest BCUT2D eigenvalue weighted by Crippen LogP contribution is -2.27. The fourth-order valence-electron chi connectivity index (χ4n) is 2.57. The Morgan fingerprint density at radius 3 is 2.68 bits per heavy atom. The molecule has 1 atom stereocenters. The normalized spacial score (nSPS) is 18.9. The summed E-state index contributed by atoms with van der Waals surface area (Å²) >= 11 is 0. The van der Waals surface area contributed by atoms with Gasteiger partial charge in [-0.1, -0.05) is 30.3 Å². The van der Waals surface area contributed by atoms with Crippen LogP contribution >= 0.6 is 0 Å². The number of hydrogen-bond donors (Lipinski definition) is 1. The standard InChI is InChI=1S/C14H16N4O3S/c1-22(20,21)14-15-13(16-17-14)11-7-8-12(19)18(11)9-10-5-3-2-4-6-10/h2-6,11H,7-9H2,1H3,(H,15,16,17). The van der Waals surface area contributed by atoms with Crippen molar-refractivity contribution in [2.45, 2.75) is 30.6 Å². The number of benzene rings is 1. The highest BCUT2D eigenvalue weighted by Crippen LogP contribution is 2.32. The summed E-state index contributed by atoms with van der Waals surface area (Å²) in [6.07, 6.45) is 2.08. The first-order valence-electron chi connectivity index (χ1n) is 6.91. The van der Waals surface area contributed by atoms with E-state index in [-0.39, 0.29) is 17.1 Å². The zero-order valence-corrected chi connectivity index (χ0v) is 12.9. The molecule has 2 heterocycles. The van der Waals surface area contributed by atoms with E-state index in [4.69, 9.17) is 0 Å². The first kappa shape index (κ1) is 14.7. The van der Waals surface area contributed by atoms with Crippen LogP contribution in [0.15, 0.2) is 35.5 Å². The molecule has 1 saturated heterocycles. The Bertz CT molecular complexity index is 785. The van der Waals surface area contributed by atoms with E-state index in [0.29, 0.717) is 25.2 Å². The number of aromatic nitrogens is 3. The summed E-state index contributed by atoms with van der Waals surface area (Å²) in [7, 11) is -3.46. The van der Waals surface area contributed by atoms with E-state index in [1.807, 2.05) is 30.3 Å². The summed E-state index contributed by atoms with van der Waals surface area (Å²) in [5.41, 5.74) is 1.02. The quantitative estimate of drug-likeness (QED) is 0.909. The van der Waals surface area contributed by atoms with E-state index in [2.05, 4.69) is 15.2 Å². The molecule has 7 nitrogen and oxygen atoms in total. The molecule has 8 heteroatoms. The maximum Gasteiger partial charge on any atom is 0.266 e. The molecule has 22 heavy (non-hydrogen) atoms. The lowest BCUT2D eigenvalue weighted by atomic mass is 10.2. The van der Waals surface area contributed by atoms with Crippen LogP contribution in [0.3, 0.4) is 0 Å². The highest BCUT2D eigenvalue weighted by atomic mass is 32.2. The lowest BCUT2D eigenvalue weighted by Gasteiger charge is -2.23. The molecule has 1 unspecified atom stereocenters. The van der Waals surface area contributed by atoms with Crippen molar-refractivity contribution < 1.29 is 13.2 Å². The molecule has 1 aromatic carbocycles. The van der Waals surface area contributed by atoms with Gasteiger partial charge in [0.25, 0.3) is 5.16 Å². The van der Waals surface area contributed by atoms with Crippen LogP contribution in [0.4, 0.5) is 0 Å². The molecule has 0 saturated carbocycles. The van der Waals surface area contributed by atoms with Gasteiger partial charge in [-0.25, -0.2) is 13.4 Å². The molecule has 0 radical (unpaired) electrons. The van der Waals surface area contributed by atoms with Crippen molar-refractivity contribution in [3.05, 3.63) is 41.7 Å². The number of nitrogens with one attached hydrogen (secondary N) is 1. The van der Waals surface area contributed by atoms with Crippen molar-refractivity contribution in [2.75, 3.05) is 6.26 Å². The smallest absolute Gasteiger partial charge is 0.266 e. The third-order valence-electron chi connectivity index (χ3n) is 3.65. The molecule has 116 valence electrons. The Balaban J connectivity index is 1.86. The van der Waals surface area contributed by atoms with E-state index in [1.54, 1.807) is 4.90 Å². The average molecular weight is 320 g/mol. The first-order valence-corrected chi connectivity index (χ1v) is 8.80. The third-order valence-corrected chi connectivity index (χ3v) is 4.50. The number of amides is 1. The molecule has 0 spiro atoms. The number of carbonyl (C=O) groups excluding carboxylic acids is 1. The number of rotatable bonds is 4. The monoisotopic (exact) mass is 320 g/mol. The molecule has 0 bridgehead atoms. The second kappa shape index (κ2) is 5.53. The van der Waals surface area contributed by atoms with Gasteiger partial charge >= 0.3 is 0 Å². The lowest BCUT2D eigenvalue weighted by molar-refractivity contribution is -0.129. The van der Waals surface area contributed by atoms with Crippen molar-refractivity contribution in [1.29, 1.82) is 0 Å². The molecule has 1 amide bonds. The molecule has 0 aliphatic carbocycles. The minimum absolute atomic E-state index is 0.0335. The number of nitrogens with zero attached hydrogens (tertiary/aromatic N) is 3. The van der Waals surface area contributed by atoms with Gasteiger partial charge in [-0.15, -0.1) is 5.10 Å². The van der Waals surface area contributed by atoms with Crippen LogP contribution in [0.1, 0.15) is 30.3 Å². The van der Waals surface area contributed by atoms with Crippen molar-refractivity contribution in [3.8, 4) is 0 Å². The van der Waals surface area contributed by atoms with Crippen molar-refractivity contribution >= 4 is 15.7 Å². The molecule has 1 aliphatic heterocycles. The van der Waals surface area contributed by atoms with Gasteiger partial charge in [0.2, 0.25) is 15.7 Å². The van der Waals surface area contributed by atoms with Gasteiger partial charge in [0.15, 0.2) is 0 Å². The minimum atomic E-state index is -3.46. The van der Waals surface area contributed by atoms with E-state index in [1.165, 1.54) is 0 Å². The topological polar surface area (TPSA) is 96.0 Å². The average Bonchev–Trinajstić information content (AvgIpc) is 3.08. The molecule has 3 rings (SSSR count). The van der Waals surface area contributed by atoms with E-state index >= 15 is 0 Å². The fraction of sp³-hybridized carbons (Fsp3) is 0.357. The second-order valence-corrected chi connectivity index (χ2v) is 7.25. The predicted octanol–water partition coefficient (Wildman–Crippen LogP) is 1.07. The van der Waals surface area contributed by atoms with Crippen LogP contribution in [0, 0.1) is 0 Å². The predicted molar refractivity (Wildman–Crippen MR) is 78.5 cm³/mol. The van der Waals surface area contributed by atoms with Crippen molar-refractivity contribution in [1.82, 2.24) is 20.1 Å². The zero-order valence-electron chi connectivity index (χ0n) is 12.1. The maximum absolute atomic E-state index is 12.1. The van der Waals surface area contributed by atoms with Gasteiger partial charge in [0.1, 0.15) is 5.82 Å². The summed E-state index contributed by atoms with van der Waals surface area (Å²) < 4.78 is 22.9. The van der Waals surface area contributed by atoms with Gasteiger partial charge < -0.3 is 4.90 Å². The SMILES string of the molecule is CS(=O)(=O)c1n[nH]c(C2CCC(=O)N2Cc2ccccc2)n1. The Kier molecular flexibility index (Phi) is 3.69. The maximum atomic E-state index is 12.1. The van der Waals surface area contributed by atoms with E-state index in [9.17, 15) is 13.2 Å². The van der Waals surface area contributed by atoms with Crippen molar-refractivity contribution in [2.24, 2.45) is 0 Å². The number of aromatic amines is 1. The number of carbonyl (C=O) groups is 1. The van der Waals surface area contributed by atoms with Gasteiger partial charge in [-0.3, -0.25) is 9.89 Å². The number of likely N-dealkylation sites (tertiary alicyclic amines) is 1. The van der Waals surface area contributed by atoms with Gasteiger partial charge in [-0.05, 0) is 12.0 Å². The minimum Gasteiger partial charge on any atom is -0.328 e. The third kappa shape index (κ3) is 2.87. The van der Waals surface area contributed by atoms with Crippen molar-refractivity contribution in [3.63, 3.8) is 0 Å². The number of H-pyrrole nitrogens is 1. The summed E-state index contributed by atoms with van der Waals surface area (Å²) in [4.78, 5) is 17.9. The first-order chi connectivity index (χ1) is 10.4. The Hall–Kier alpha value is -2.22. The van der Waals surface area contributed by atoms with Gasteiger partial charge in [0, 0.05) is 19.2 Å². The highest BCUT2D eigenvalue weighted by molar-refractivity contribution is 7.90.